The van der Waals surface area contributed by atoms with Gasteiger partial charge in [-0.3, -0.25) is 0 Å². The fraction of sp³-hybridized carbons (Fsp3) is 0.114. The van der Waals surface area contributed by atoms with E-state index in [0.29, 0.717) is 0 Å². The van der Waals surface area contributed by atoms with E-state index in [4.69, 9.17) is 4.42 Å². The lowest BCUT2D eigenvalue weighted by Crippen LogP contribution is -2.61. The zero-order valence-electron chi connectivity index (χ0n) is 43.5. The second-order valence-electron chi connectivity index (χ2n) is 23.0. The van der Waals surface area contributed by atoms with E-state index in [1.165, 1.54) is 86.3 Å². The van der Waals surface area contributed by atoms with Crippen molar-refractivity contribution in [3.8, 4) is 0 Å². The van der Waals surface area contributed by atoms with Crippen LogP contribution in [0.4, 0.5) is 51.2 Å². The zero-order chi connectivity index (χ0) is 51.2. The molecular weight excluding hydrogens is 942 g/mol. The average Bonchev–Trinajstić information content (AvgIpc) is 4.00. The van der Waals surface area contributed by atoms with Gasteiger partial charge >= 0.3 is 0 Å². The average molecular weight is 996 g/mol. The van der Waals surface area contributed by atoms with Gasteiger partial charge in [-0.1, -0.05) is 163 Å². The molecule has 0 bridgehead atoms. The molecule has 0 saturated carbocycles. The summed E-state index contributed by atoms with van der Waals surface area (Å²) in [7, 11) is 0. The molecule has 0 spiro atoms. The fourth-order valence-corrected chi connectivity index (χ4v) is 13.6. The molecule has 0 atom stereocenters. The first-order valence-electron chi connectivity index (χ1n) is 26.6. The number of thiophene rings is 1. The Bertz CT molecular complexity index is 4520. The Hall–Kier alpha value is -8.58. The van der Waals surface area contributed by atoms with Gasteiger partial charge in [-0.15, -0.1) is 11.3 Å². The first kappa shape index (κ1) is 44.9. The van der Waals surface area contributed by atoms with Gasteiger partial charge in [0.2, 0.25) is 0 Å². The van der Waals surface area contributed by atoms with Crippen LogP contribution in [-0.2, 0) is 10.8 Å². The smallest absolute Gasteiger partial charge is 0.252 e. The predicted octanol–water partition coefficient (Wildman–Crippen LogP) is 18.4. The highest BCUT2D eigenvalue weighted by Gasteiger charge is 2.44. The summed E-state index contributed by atoms with van der Waals surface area (Å²) in [6, 6.07) is 82.0. The second kappa shape index (κ2) is 16.5. The maximum Gasteiger partial charge on any atom is 0.252 e. The second-order valence-corrected chi connectivity index (χ2v) is 24.0. The van der Waals surface area contributed by atoms with Crippen LogP contribution in [0.15, 0.2) is 223 Å². The fourth-order valence-electron chi connectivity index (χ4n) is 12.5. The van der Waals surface area contributed by atoms with E-state index in [-0.39, 0.29) is 17.5 Å². The van der Waals surface area contributed by atoms with E-state index in [1.807, 2.05) is 17.4 Å². The first-order valence-corrected chi connectivity index (χ1v) is 27.4. The van der Waals surface area contributed by atoms with E-state index >= 15 is 0 Å². The lowest BCUT2D eigenvalue weighted by Gasteiger charge is -2.44. The molecule has 0 radical (unpaired) electrons. The predicted molar refractivity (Wildman–Crippen MR) is 328 cm³/mol. The SMILES string of the molecule is CC(C)(C)c1ccc(N2c3cc(N(c4ccc5ccc6ccccc6c5c4)c4ccc5oc6ccccc6c5c4)ccc3B3c4cc5c(cc4N(c4ccc(C(C)(C)C)cc4)c4cccc2c43)sc2ccccc25)cc1. The lowest BCUT2D eigenvalue weighted by atomic mass is 9.33. The molecule has 0 amide bonds. The Morgan fingerprint density at radius 3 is 1.62 bits per heavy atom. The molecule has 2 aliphatic rings. The van der Waals surface area contributed by atoms with Gasteiger partial charge in [0, 0.05) is 76.7 Å². The maximum atomic E-state index is 6.44. The molecule has 76 heavy (non-hydrogen) atoms. The summed E-state index contributed by atoms with van der Waals surface area (Å²) in [5, 5.41) is 9.71. The number of furan rings is 1. The molecule has 0 saturated heterocycles. The van der Waals surface area contributed by atoms with Crippen LogP contribution in [0.1, 0.15) is 52.7 Å². The normalized spacial score (nSPS) is 13.3. The van der Waals surface area contributed by atoms with Crippen molar-refractivity contribution >= 4 is 149 Å². The minimum absolute atomic E-state index is 0.000474. The van der Waals surface area contributed by atoms with Gasteiger partial charge in [0.15, 0.2) is 0 Å². The summed E-state index contributed by atoms with van der Waals surface area (Å²) in [6.45, 7) is 13.7. The Kier molecular flexibility index (Phi) is 9.72. The zero-order valence-corrected chi connectivity index (χ0v) is 44.3. The largest absolute Gasteiger partial charge is 0.456 e. The molecule has 364 valence electrons. The van der Waals surface area contributed by atoms with E-state index in [9.17, 15) is 0 Å². The number of rotatable bonds is 5. The van der Waals surface area contributed by atoms with Crippen LogP contribution < -0.4 is 31.1 Å². The summed E-state index contributed by atoms with van der Waals surface area (Å²) in [6.07, 6.45) is 0. The molecule has 4 heterocycles. The lowest BCUT2D eigenvalue weighted by molar-refractivity contribution is 0.590. The van der Waals surface area contributed by atoms with E-state index in [2.05, 4.69) is 269 Å². The highest BCUT2D eigenvalue weighted by molar-refractivity contribution is 7.26. The van der Waals surface area contributed by atoms with Crippen molar-refractivity contribution in [2.45, 2.75) is 52.4 Å². The van der Waals surface area contributed by atoms with E-state index in [1.54, 1.807) is 0 Å². The molecular formula is C70H54BN3OS. The minimum Gasteiger partial charge on any atom is -0.456 e. The highest BCUT2D eigenvalue weighted by atomic mass is 32.1. The topological polar surface area (TPSA) is 22.9 Å². The Balaban J connectivity index is 1.00. The van der Waals surface area contributed by atoms with Gasteiger partial charge in [-0.25, -0.2) is 0 Å². The molecule has 2 aromatic heterocycles. The van der Waals surface area contributed by atoms with Gasteiger partial charge in [0.05, 0.1) is 0 Å². The minimum atomic E-state index is -0.0577. The quantitative estimate of drug-likeness (QED) is 0.127. The molecule has 6 heteroatoms. The summed E-state index contributed by atoms with van der Waals surface area (Å²) < 4.78 is 9.05. The third-order valence-corrected chi connectivity index (χ3v) is 17.5. The molecule has 2 aliphatic heterocycles. The summed E-state index contributed by atoms with van der Waals surface area (Å²) in [5.74, 6) is 0. The van der Waals surface area contributed by atoms with Crippen LogP contribution in [-0.4, -0.2) is 6.71 Å². The molecule has 0 N–H and O–H groups in total. The summed E-state index contributed by atoms with van der Waals surface area (Å²) in [5.41, 5.74) is 18.6. The van der Waals surface area contributed by atoms with Crippen molar-refractivity contribution < 1.29 is 4.42 Å². The number of fused-ring (bicyclic) bond motifs is 13. The Morgan fingerprint density at radius 1 is 0.382 bits per heavy atom. The standard InChI is InChI=1S/C70H54BN3OS/c1-69(2,3)45-25-30-47(31-26-45)73-60-18-13-19-61-68(60)71(59-41-57-54-17-10-12-21-66(54)76-67(57)42-63(59)74(61)48-32-27-46(28-33-48)70(4,5)6)58-36-34-51(40-62(58)73)72(50-35-37-65-56(39-50)53-16-9-11-20-64(53)75-65)49-29-24-44-23-22-43-14-7-8-15-52(43)55(44)38-49/h7-42H,1-6H3. The van der Waals surface area contributed by atoms with Gasteiger partial charge < -0.3 is 19.1 Å². The van der Waals surface area contributed by atoms with Gasteiger partial charge in [0.25, 0.3) is 6.71 Å². The van der Waals surface area contributed by atoms with Crippen molar-refractivity contribution in [3.05, 3.63) is 230 Å². The van der Waals surface area contributed by atoms with Gasteiger partial charge in [-0.2, -0.15) is 0 Å². The summed E-state index contributed by atoms with van der Waals surface area (Å²) >= 11 is 1.89. The van der Waals surface area contributed by atoms with Crippen molar-refractivity contribution in [2.75, 3.05) is 14.7 Å². The molecule has 0 unspecified atom stereocenters. The number of nitrogens with zero attached hydrogens (tertiary/aromatic N) is 3. The van der Waals surface area contributed by atoms with Crippen molar-refractivity contribution in [2.24, 2.45) is 0 Å². The van der Waals surface area contributed by atoms with Crippen LogP contribution in [0, 0.1) is 0 Å². The van der Waals surface area contributed by atoms with Crippen LogP contribution in [0.2, 0.25) is 0 Å². The van der Waals surface area contributed by atoms with E-state index < -0.39 is 0 Å². The number of anilines is 9. The molecule has 15 rings (SSSR count). The third-order valence-electron chi connectivity index (χ3n) is 16.3. The Morgan fingerprint density at radius 2 is 0.921 bits per heavy atom. The summed E-state index contributed by atoms with van der Waals surface area (Å²) in [4.78, 5) is 7.54. The van der Waals surface area contributed by atoms with Gasteiger partial charge in [-0.05, 0) is 162 Å². The molecule has 0 fully saturated rings. The van der Waals surface area contributed by atoms with Crippen LogP contribution in [0.3, 0.4) is 0 Å². The highest BCUT2D eigenvalue weighted by Crippen LogP contribution is 2.49. The number of hydrogen-bond donors (Lipinski definition) is 0. The number of para-hydroxylation sites is 1. The van der Waals surface area contributed by atoms with Crippen molar-refractivity contribution in [1.29, 1.82) is 0 Å². The van der Waals surface area contributed by atoms with Crippen LogP contribution in [0.5, 0.6) is 0 Å². The molecule has 11 aromatic carbocycles. The molecule has 13 aromatic rings. The van der Waals surface area contributed by atoms with Crippen molar-refractivity contribution in [1.82, 2.24) is 0 Å². The third kappa shape index (κ3) is 6.90. The Labute approximate surface area is 447 Å². The van der Waals surface area contributed by atoms with E-state index in [0.717, 1.165) is 56.1 Å². The monoisotopic (exact) mass is 995 g/mol. The van der Waals surface area contributed by atoms with Crippen molar-refractivity contribution in [3.63, 3.8) is 0 Å². The number of hydrogen-bond acceptors (Lipinski definition) is 5. The maximum absolute atomic E-state index is 6.44. The van der Waals surface area contributed by atoms with Crippen LogP contribution >= 0.6 is 11.3 Å². The molecule has 4 nitrogen and oxygen atoms in total. The molecule has 0 aliphatic carbocycles. The van der Waals surface area contributed by atoms with Gasteiger partial charge in [0.1, 0.15) is 11.2 Å². The first-order chi connectivity index (χ1) is 36.9. The van der Waals surface area contributed by atoms with Crippen LogP contribution in [0.25, 0.3) is 63.7 Å². The number of benzene rings is 11.